The number of anilines is 2. The Morgan fingerprint density at radius 3 is 2.89 bits per heavy atom. The average molecular weight is 384 g/mol. The van der Waals surface area contributed by atoms with Crippen molar-refractivity contribution in [3.05, 3.63) is 41.7 Å². The van der Waals surface area contributed by atoms with Crippen LogP contribution in [0.1, 0.15) is 36.3 Å². The molecule has 3 heterocycles. The van der Waals surface area contributed by atoms with Crippen molar-refractivity contribution in [3.8, 4) is 0 Å². The lowest BCUT2D eigenvalue weighted by Crippen LogP contribution is -2.45. The number of aryl methyl sites for hydroxylation is 2. The molecule has 2 aliphatic rings. The van der Waals surface area contributed by atoms with E-state index in [2.05, 4.69) is 21.4 Å². The maximum atomic E-state index is 13.4. The highest BCUT2D eigenvalue weighted by Gasteiger charge is 2.32. The van der Waals surface area contributed by atoms with Gasteiger partial charge in [-0.05, 0) is 44.6 Å². The number of aromatic nitrogens is 3. The van der Waals surface area contributed by atoms with Crippen molar-refractivity contribution in [2.24, 2.45) is 5.92 Å². The molecule has 1 fully saturated rings. The predicted octanol–water partition coefficient (Wildman–Crippen LogP) is 3.25. The van der Waals surface area contributed by atoms with Gasteiger partial charge in [-0.15, -0.1) is 17.9 Å². The topological polar surface area (TPSA) is 62.2 Å². The Kier molecular flexibility index (Phi) is 5.48. The number of fused-ring (bicyclic) bond motifs is 1. The van der Waals surface area contributed by atoms with Gasteiger partial charge in [0.2, 0.25) is 11.9 Å². The van der Waals surface area contributed by atoms with Gasteiger partial charge in [0.1, 0.15) is 0 Å². The monoisotopic (exact) mass is 383 g/mol. The molecule has 1 unspecified atom stereocenters. The highest BCUT2D eigenvalue weighted by atomic mass is 32.1. The molecule has 142 valence electrons. The Balaban J connectivity index is 1.53. The number of hydrogen-bond donors (Lipinski definition) is 0. The molecule has 0 N–H and O–H groups in total. The maximum Gasteiger partial charge on any atom is 0.233 e. The summed E-state index contributed by atoms with van der Waals surface area (Å²) in [6.07, 6.45) is 11.7. The van der Waals surface area contributed by atoms with Gasteiger partial charge < -0.3 is 4.90 Å². The van der Waals surface area contributed by atoms with Gasteiger partial charge in [0, 0.05) is 36.9 Å². The SMILES string of the molecule is C=CCN(C(=O)C1CCCN(c2ncccn2)C1)c1nc2c(s1)CCCC2. The van der Waals surface area contributed by atoms with Crippen LogP contribution in [0.25, 0.3) is 0 Å². The molecular formula is C20H25N5OS. The van der Waals surface area contributed by atoms with Crippen molar-refractivity contribution >= 4 is 28.3 Å². The molecule has 0 spiro atoms. The number of thiazole rings is 1. The molecule has 0 bridgehead atoms. The average Bonchev–Trinajstić information content (AvgIpc) is 3.16. The fourth-order valence-corrected chi connectivity index (χ4v) is 5.04. The number of piperidine rings is 1. The van der Waals surface area contributed by atoms with Crippen LogP contribution in [0.15, 0.2) is 31.1 Å². The van der Waals surface area contributed by atoms with Crippen molar-refractivity contribution in [2.45, 2.75) is 38.5 Å². The number of amides is 1. The minimum Gasteiger partial charge on any atom is -0.340 e. The van der Waals surface area contributed by atoms with Crippen LogP contribution in [0.3, 0.4) is 0 Å². The van der Waals surface area contributed by atoms with Crippen molar-refractivity contribution in [2.75, 3.05) is 29.4 Å². The highest BCUT2D eigenvalue weighted by Crippen LogP contribution is 2.33. The van der Waals surface area contributed by atoms with E-state index in [-0.39, 0.29) is 11.8 Å². The Morgan fingerprint density at radius 2 is 2.11 bits per heavy atom. The molecule has 1 aliphatic carbocycles. The van der Waals surface area contributed by atoms with Crippen LogP contribution >= 0.6 is 11.3 Å². The summed E-state index contributed by atoms with van der Waals surface area (Å²) in [4.78, 5) is 32.1. The van der Waals surface area contributed by atoms with Crippen LogP contribution in [0, 0.1) is 5.92 Å². The van der Waals surface area contributed by atoms with Crippen LogP contribution in [-0.2, 0) is 17.6 Å². The lowest BCUT2D eigenvalue weighted by atomic mass is 9.97. The Bertz CT molecular complexity index is 782. The first-order chi connectivity index (χ1) is 13.3. The zero-order chi connectivity index (χ0) is 18.6. The molecule has 4 rings (SSSR count). The van der Waals surface area contributed by atoms with Gasteiger partial charge in [0.25, 0.3) is 0 Å². The molecule has 1 aliphatic heterocycles. The first-order valence-corrected chi connectivity index (χ1v) is 10.5. The fourth-order valence-electron chi connectivity index (χ4n) is 3.88. The third kappa shape index (κ3) is 3.88. The molecule has 0 radical (unpaired) electrons. The predicted molar refractivity (Wildman–Crippen MR) is 108 cm³/mol. The summed E-state index contributed by atoms with van der Waals surface area (Å²) in [5.74, 6) is 0.778. The number of hydrogen-bond acceptors (Lipinski definition) is 6. The minimum atomic E-state index is -0.0663. The van der Waals surface area contributed by atoms with E-state index < -0.39 is 0 Å². The molecular weight excluding hydrogens is 358 g/mol. The van der Waals surface area contributed by atoms with E-state index >= 15 is 0 Å². The summed E-state index contributed by atoms with van der Waals surface area (Å²) in [7, 11) is 0. The second-order valence-electron chi connectivity index (χ2n) is 7.14. The fraction of sp³-hybridized carbons (Fsp3) is 0.500. The molecule has 2 aromatic rings. The second kappa shape index (κ2) is 8.17. The van der Waals surface area contributed by atoms with Gasteiger partial charge in [0.05, 0.1) is 11.6 Å². The molecule has 2 aromatic heterocycles. The molecule has 1 amide bonds. The Morgan fingerprint density at radius 1 is 1.30 bits per heavy atom. The van der Waals surface area contributed by atoms with E-state index in [1.165, 1.54) is 23.4 Å². The third-order valence-corrected chi connectivity index (χ3v) is 6.43. The van der Waals surface area contributed by atoms with E-state index in [1.807, 2.05) is 11.0 Å². The number of carbonyl (C=O) groups is 1. The Labute approximate surface area is 164 Å². The molecule has 1 atom stereocenters. The van der Waals surface area contributed by atoms with E-state index in [1.54, 1.807) is 29.8 Å². The lowest BCUT2D eigenvalue weighted by molar-refractivity contribution is -0.122. The van der Waals surface area contributed by atoms with Gasteiger partial charge in [-0.1, -0.05) is 6.08 Å². The van der Waals surface area contributed by atoms with E-state index in [9.17, 15) is 4.79 Å². The van der Waals surface area contributed by atoms with Gasteiger partial charge in [-0.25, -0.2) is 15.0 Å². The summed E-state index contributed by atoms with van der Waals surface area (Å²) in [5.41, 5.74) is 1.19. The lowest BCUT2D eigenvalue weighted by Gasteiger charge is -2.34. The summed E-state index contributed by atoms with van der Waals surface area (Å²) in [6.45, 7) is 5.90. The summed E-state index contributed by atoms with van der Waals surface area (Å²) < 4.78 is 0. The zero-order valence-electron chi connectivity index (χ0n) is 15.5. The minimum absolute atomic E-state index is 0.0663. The first-order valence-electron chi connectivity index (χ1n) is 9.69. The van der Waals surface area contributed by atoms with Crippen molar-refractivity contribution in [1.29, 1.82) is 0 Å². The van der Waals surface area contributed by atoms with E-state index in [4.69, 9.17) is 4.98 Å². The quantitative estimate of drug-likeness (QED) is 0.742. The van der Waals surface area contributed by atoms with Crippen LogP contribution in [0.4, 0.5) is 11.1 Å². The smallest absolute Gasteiger partial charge is 0.233 e. The van der Waals surface area contributed by atoms with Crippen molar-refractivity contribution in [3.63, 3.8) is 0 Å². The number of carbonyl (C=O) groups excluding carboxylic acids is 1. The molecule has 1 saturated heterocycles. The molecule has 0 aromatic carbocycles. The van der Waals surface area contributed by atoms with Crippen LogP contribution in [-0.4, -0.2) is 40.5 Å². The van der Waals surface area contributed by atoms with Crippen LogP contribution in [0.5, 0.6) is 0 Å². The van der Waals surface area contributed by atoms with Crippen LogP contribution < -0.4 is 9.80 Å². The van der Waals surface area contributed by atoms with Gasteiger partial charge in [0.15, 0.2) is 5.13 Å². The summed E-state index contributed by atoms with van der Waals surface area (Å²) >= 11 is 1.68. The zero-order valence-corrected chi connectivity index (χ0v) is 16.3. The summed E-state index contributed by atoms with van der Waals surface area (Å²) in [5, 5.41) is 0.833. The molecule has 6 nitrogen and oxygen atoms in total. The maximum absolute atomic E-state index is 13.4. The van der Waals surface area contributed by atoms with Gasteiger partial charge >= 0.3 is 0 Å². The largest absolute Gasteiger partial charge is 0.340 e. The molecule has 0 saturated carbocycles. The number of nitrogens with zero attached hydrogens (tertiary/aromatic N) is 5. The Hall–Kier alpha value is -2.28. The molecule has 7 heteroatoms. The van der Waals surface area contributed by atoms with Gasteiger partial charge in [-0.2, -0.15) is 0 Å². The van der Waals surface area contributed by atoms with Crippen molar-refractivity contribution in [1.82, 2.24) is 15.0 Å². The van der Waals surface area contributed by atoms with Crippen LogP contribution in [0.2, 0.25) is 0 Å². The van der Waals surface area contributed by atoms with Crippen molar-refractivity contribution < 1.29 is 4.79 Å². The summed E-state index contributed by atoms with van der Waals surface area (Å²) in [6, 6.07) is 1.81. The second-order valence-corrected chi connectivity index (χ2v) is 8.21. The van der Waals surface area contributed by atoms with E-state index in [0.717, 1.165) is 37.4 Å². The van der Waals surface area contributed by atoms with E-state index in [0.29, 0.717) is 19.0 Å². The number of rotatable bonds is 5. The normalized spacial score (nSPS) is 19.4. The first kappa shape index (κ1) is 18.1. The highest BCUT2D eigenvalue weighted by molar-refractivity contribution is 7.16. The standard InChI is InChI=1S/C20H25N5OS/c1-2-12-25(20-23-16-8-3-4-9-17(16)27-20)18(26)15-7-5-13-24(14-15)19-21-10-6-11-22-19/h2,6,10-11,15H,1,3-5,7-9,12-14H2. The molecule has 27 heavy (non-hydrogen) atoms. The van der Waals surface area contributed by atoms with Gasteiger partial charge in [-0.3, -0.25) is 9.69 Å². The third-order valence-electron chi connectivity index (χ3n) is 5.25.